The number of amides is 1. The highest BCUT2D eigenvalue weighted by Gasteiger charge is 2.19. The minimum absolute atomic E-state index is 0.246. The van der Waals surface area contributed by atoms with E-state index in [1.54, 1.807) is 7.11 Å². The molecule has 4 heteroatoms. The molecule has 1 aliphatic heterocycles. The Kier molecular flexibility index (Phi) is 4.80. The molecule has 4 nitrogen and oxygen atoms in total. The minimum Gasteiger partial charge on any atom is -0.497 e. The van der Waals surface area contributed by atoms with E-state index >= 15 is 0 Å². The molecule has 0 radical (unpaired) electrons. The van der Waals surface area contributed by atoms with E-state index in [0.29, 0.717) is 12.5 Å². The van der Waals surface area contributed by atoms with Crippen molar-refractivity contribution in [3.8, 4) is 5.75 Å². The number of benzene rings is 1. The summed E-state index contributed by atoms with van der Waals surface area (Å²) in [5.74, 6) is 1.09. The van der Waals surface area contributed by atoms with Crippen molar-refractivity contribution in [1.29, 1.82) is 0 Å². The first-order chi connectivity index (χ1) is 9.19. The molecule has 0 spiro atoms. The van der Waals surface area contributed by atoms with E-state index in [4.69, 9.17) is 4.74 Å². The number of rotatable bonds is 4. The molecule has 0 saturated carbocycles. The zero-order chi connectivity index (χ0) is 13.7. The molecule has 1 fully saturated rings. The van der Waals surface area contributed by atoms with Gasteiger partial charge in [-0.2, -0.15) is 0 Å². The number of hydrogen-bond donors (Lipinski definition) is 1. The fraction of sp³-hybridized carbons (Fsp3) is 0.533. The van der Waals surface area contributed by atoms with E-state index in [2.05, 4.69) is 12.2 Å². The second kappa shape index (κ2) is 6.57. The van der Waals surface area contributed by atoms with Gasteiger partial charge in [0.2, 0.25) is 5.91 Å². The monoisotopic (exact) mass is 262 g/mol. The molecule has 1 N–H and O–H groups in total. The predicted octanol–water partition coefficient (Wildman–Crippen LogP) is 1.45. The lowest BCUT2D eigenvalue weighted by atomic mass is 10.1. The Morgan fingerprint density at radius 1 is 1.53 bits per heavy atom. The molecule has 0 bridgehead atoms. The SMILES string of the molecule is COc1cccc(CCC(=O)N2CCN[C@H](C)C2)c1. The average molecular weight is 262 g/mol. The molecule has 1 heterocycles. The van der Waals surface area contributed by atoms with Gasteiger partial charge in [-0.15, -0.1) is 0 Å². The molecule has 1 aliphatic rings. The fourth-order valence-corrected chi connectivity index (χ4v) is 2.40. The highest BCUT2D eigenvalue weighted by atomic mass is 16.5. The maximum Gasteiger partial charge on any atom is 0.222 e. The molecular weight excluding hydrogens is 240 g/mol. The molecule has 104 valence electrons. The Morgan fingerprint density at radius 2 is 2.37 bits per heavy atom. The topological polar surface area (TPSA) is 41.6 Å². The van der Waals surface area contributed by atoms with Crippen LogP contribution in [0.15, 0.2) is 24.3 Å². The van der Waals surface area contributed by atoms with Gasteiger partial charge in [-0.3, -0.25) is 4.79 Å². The van der Waals surface area contributed by atoms with Gasteiger partial charge in [0.1, 0.15) is 5.75 Å². The number of piperazine rings is 1. The van der Waals surface area contributed by atoms with E-state index < -0.39 is 0 Å². The lowest BCUT2D eigenvalue weighted by Gasteiger charge is -2.32. The van der Waals surface area contributed by atoms with Crippen LogP contribution in [-0.4, -0.2) is 43.6 Å². The van der Waals surface area contributed by atoms with Crippen LogP contribution in [0.5, 0.6) is 5.75 Å². The van der Waals surface area contributed by atoms with Crippen LogP contribution in [-0.2, 0) is 11.2 Å². The van der Waals surface area contributed by atoms with Crippen LogP contribution in [0.3, 0.4) is 0 Å². The van der Waals surface area contributed by atoms with Gasteiger partial charge in [0, 0.05) is 32.1 Å². The summed E-state index contributed by atoms with van der Waals surface area (Å²) in [4.78, 5) is 14.1. The first-order valence-electron chi connectivity index (χ1n) is 6.83. The Morgan fingerprint density at radius 3 is 3.11 bits per heavy atom. The van der Waals surface area contributed by atoms with Crippen LogP contribution in [0.2, 0.25) is 0 Å². The molecule has 1 saturated heterocycles. The van der Waals surface area contributed by atoms with E-state index in [1.807, 2.05) is 29.2 Å². The highest BCUT2D eigenvalue weighted by Crippen LogP contribution is 2.14. The van der Waals surface area contributed by atoms with E-state index in [9.17, 15) is 4.79 Å². The number of ether oxygens (including phenoxy) is 1. The molecule has 0 aromatic heterocycles. The zero-order valence-corrected chi connectivity index (χ0v) is 11.7. The normalized spacial score (nSPS) is 19.3. The predicted molar refractivity (Wildman–Crippen MR) is 75.4 cm³/mol. The quantitative estimate of drug-likeness (QED) is 0.893. The summed E-state index contributed by atoms with van der Waals surface area (Å²) in [5.41, 5.74) is 1.15. The van der Waals surface area contributed by atoms with Crippen molar-refractivity contribution in [2.24, 2.45) is 0 Å². The summed E-state index contributed by atoms with van der Waals surface area (Å²) in [7, 11) is 1.66. The third-order valence-corrected chi connectivity index (χ3v) is 3.48. The zero-order valence-electron chi connectivity index (χ0n) is 11.7. The molecule has 0 aliphatic carbocycles. The number of hydrogen-bond acceptors (Lipinski definition) is 3. The van der Waals surface area contributed by atoms with Crippen molar-refractivity contribution in [3.05, 3.63) is 29.8 Å². The minimum atomic E-state index is 0.246. The van der Waals surface area contributed by atoms with Crippen molar-refractivity contribution in [2.45, 2.75) is 25.8 Å². The van der Waals surface area contributed by atoms with Crippen molar-refractivity contribution in [2.75, 3.05) is 26.7 Å². The molecular formula is C15H22N2O2. The second-order valence-electron chi connectivity index (χ2n) is 5.05. The molecule has 1 aromatic rings. The fourth-order valence-electron chi connectivity index (χ4n) is 2.40. The molecule has 2 rings (SSSR count). The van der Waals surface area contributed by atoms with Gasteiger partial charge in [0.05, 0.1) is 7.11 Å². The molecule has 0 unspecified atom stereocenters. The van der Waals surface area contributed by atoms with E-state index in [1.165, 1.54) is 0 Å². The number of carbonyl (C=O) groups excluding carboxylic acids is 1. The van der Waals surface area contributed by atoms with Crippen LogP contribution in [0, 0.1) is 0 Å². The summed E-state index contributed by atoms with van der Waals surface area (Å²) in [6, 6.07) is 8.31. The smallest absolute Gasteiger partial charge is 0.222 e. The van der Waals surface area contributed by atoms with Gasteiger partial charge < -0.3 is 15.0 Å². The first kappa shape index (κ1) is 13.9. The van der Waals surface area contributed by atoms with E-state index in [-0.39, 0.29) is 5.91 Å². The third kappa shape index (κ3) is 3.96. The van der Waals surface area contributed by atoms with Crippen LogP contribution in [0.4, 0.5) is 0 Å². The van der Waals surface area contributed by atoms with Crippen molar-refractivity contribution in [1.82, 2.24) is 10.2 Å². The van der Waals surface area contributed by atoms with Crippen LogP contribution in [0.1, 0.15) is 18.9 Å². The maximum atomic E-state index is 12.1. The van der Waals surface area contributed by atoms with Crippen LogP contribution < -0.4 is 10.1 Å². The van der Waals surface area contributed by atoms with Gasteiger partial charge in [0.15, 0.2) is 0 Å². The molecule has 1 amide bonds. The Labute approximate surface area is 114 Å². The Bertz CT molecular complexity index is 434. The van der Waals surface area contributed by atoms with Gasteiger partial charge >= 0.3 is 0 Å². The highest BCUT2D eigenvalue weighted by molar-refractivity contribution is 5.76. The van der Waals surface area contributed by atoms with E-state index in [0.717, 1.165) is 37.4 Å². The average Bonchev–Trinajstić information content (AvgIpc) is 2.45. The Balaban J connectivity index is 1.85. The van der Waals surface area contributed by atoms with Gasteiger partial charge in [-0.1, -0.05) is 12.1 Å². The van der Waals surface area contributed by atoms with Gasteiger partial charge in [-0.25, -0.2) is 0 Å². The summed E-state index contributed by atoms with van der Waals surface area (Å²) in [6.45, 7) is 4.64. The summed E-state index contributed by atoms with van der Waals surface area (Å²) in [5, 5.41) is 3.35. The van der Waals surface area contributed by atoms with Gasteiger partial charge in [-0.05, 0) is 31.0 Å². The van der Waals surface area contributed by atoms with Crippen molar-refractivity contribution >= 4 is 5.91 Å². The van der Waals surface area contributed by atoms with Crippen molar-refractivity contribution in [3.63, 3.8) is 0 Å². The number of methoxy groups -OCH3 is 1. The lowest BCUT2D eigenvalue weighted by molar-refractivity contribution is -0.132. The molecule has 19 heavy (non-hydrogen) atoms. The molecule has 1 atom stereocenters. The standard InChI is InChI=1S/C15H22N2O2/c1-12-11-17(9-8-16-12)15(18)7-6-13-4-3-5-14(10-13)19-2/h3-5,10,12,16H,6-9,11H2,1-2H3/t12-/m1/s1. The maximum absolute atomic E-state index is 12.1. The van der Waals surface area contributed by atoms with Crippen LogP contribution in [0.25, 0.3) is 0 Å². The summed E-state index contributed by atoms with van der Waals surface area (Å²) < 4.78 is 5.19. The number of nitrogens with one attached hydrogen (secondary N) is 1. The van der Waals surface area contributed by atoms with Gasteiger partial charge in [0.25, 0.3) is 0 Å². The Hall–Kier alpha value is -1.55. The first-order valence-corrected chi connectivity index (χ1v) is 6.83. The largest absolute Gasteiger partial charge is 0.497 e. The number of nitrogens with zero attached hydrogens (tertiary/aromatic N) is 1. The summed E-state index contributed by atoms with van der Waals surface area (Å²) in [6.07, 6.45) is 1.34. The van der Waals surface area contributed by atoms with Crippen molar-refractivity contribution < 1.29 is 9.53 Å². The number of carbonyl (C=O) groups is 1. The number of aryl methyl sites for hydroxylation is 1. The lowest BCUT2D eigenvalue weighted by Crippen LogP contribution is -2.51. The molecule has 1 aromatic carbocycles. The second-order valence-corrected chi connectivity index (χ2v) is 5.05. The third-order valence-electron chi connectivity index (χ3n) is 3.48. The van der Waals surface area contributed by atoms with Crippen LogP contribution >= 0.6 is 0 Å². The summed E-state index contributed by atoms with van der Waals surface area (Å²) >= 11 is 0.